The van der Waals surface area contributed by atoms with Crippen molar-refractivity contribution < 1.29 is 4.74 Å². The minimum absolute atomic E-state index is 0.643. The number of para-hydroxylation sites is 3. The van der Waals surface area contributed by atoms with Gasteiger partial charge in [-0.3, -0.25) is 0 Å². The normalized spacial score (nSPS) is 11.1. The fraction of sp³-hybridized carbons (Fsp3) is 0.174. The van der Waals surface area contributed by atoms with E-state index < -0.39 is 0 Å². The van der Waals surface area contributed by atoms with E-state index in [9.17, 15) is 0 Å². The van der Waals surface area contributed by atoms with Gasteiger partial charge < -0.3 is 9.30 Å². The number of rotatable bonds is 7. The molecule has 0 saturated carbocycles. The summed E-state index contributed by atoms with van der Waals surface area (Å²) in [6.45, 7) is 1.53. The van der Waals surface area contributed by atoms with E-state index in [1.165, 1.54) is 0 Å². The van der Waals surface area contributed by atoms with Crippen molar-refractivity contribution in [2.75, 3.05) is 6.61 Å². The standard InChI is InChI=1S/C23H20BrClN2O/c24-18-13-11-17(12-14-18)23-26-20-8-2-3-9-21(20)27(23)15-5-6-16-28-22-10-4-1-7-19(22)25/h1-4,7-14H,5-6,15-16H2. The second kappa shape index (κ2) is 8.80. The quantitative estimate of drug-likeness (QED) is 0.281. The fourth-order valence-corrected chi connectivity index (χ4v) is 3.69. The Labute approximate surface area is 178 Å². The highest BCUT2D eigenvalue weighted by Crippen LogP contribution is 2.27. The van der Waals surface area contributed by atoms with Crippen molar-refractivity contribution in [3.8, 4) is 17.1 Å². The Bertz CT molecular complexity index is 1080. The molecule has 1 aromatic heterocycles. The molecule has 0 atom stereocenters. The van der Waals surface area contributed by atoms with Gasteiger partial charge in [-0.1, -0.05) is 63.9 Å². The molecular formula is C23H20BrClN2O. The largest absolute Gasteiger partial charge is 0.492 e. The first-order valence-corrected chi connectivity index (χ1v) is 10.5. The number of ether oxygens (including phenoxy) is 1. The molecule has 0 unspecified atom stereocenters. The average molecular weight is 456 g/mol. The van der Waals surface area contributed by atoms with E-state index in [1.54, 1.807) is 0 Å². The number of unbranched alkanes of at least 4 members (excludes halogenated alkanes) is 1. The zero-order valence-electron chi connectivity index (χ0n) is 15.3. The first-order valence-electron chi connectivity index (χ1n) is 9.31. The molecule has 1 heterocycles. The van der Waals surface area contributed by atoms with Crippen LogP contribution in [-0.2, 0) is 6.54 Å². The van der Waals surface area contributed by atoms with Gasteiger partial charge in [0.25, 0.3) is 0 Å². The lowest BCUT2D eigenvalue weighted by Crippen LogP contribution is -2.04. The second-order valence-corrected chi connectivity index (χ2v) is 7.89. The molecule has 5 heteroatoms. The average Bonchev–Trinajstić information content (AvgIpc) is 3.08. The Morgan fingerprint density at radius 2 is 1.64 bits per heavy atom. The number of hydrogen-bond donors (Lipinski definition) is 0. The van der Waals surface area contributed by atoms with Crippen LogP contribution in [0.3, 0.4) is 0 Å². The van der Waals surface area contributed by atoms with E-state index in [0.29, 0.717) is 11.6 Å². The van der Waals surface area contributed by atoms with Gasteiger partial charge in [-0.05, 0) is 49.2 Å². The highest BCUT2D eigenvalue weighted by molar-refractivity contribution is 9.10. The first-order chi connectivity index (χ1) is 13.7. The predicted octanol–water partition coefficient (Wildman–Crippen LogP) is 6.98. The topological polar surface area (TPSA) is 27.1 Å². The highest BCUT2D eigenvalue weighted by atomic mass is 79.9. The maximum absolute atomic E-state index is 6.14. The van der Waals surface area contributed by atoms with Crippen molar-refractivity contribution in [1.29, 1.82) is 0 Å². The maximum atomic E-state index is 6.14. The van der Waals surface area contributed by atoms with Crippen LogP contribution in [0.25, 0.3) is 22.4 Å². The highest BCUT2D eigenvalue weighted by Gasteiger charge is 2.12. The molecule has 28 heavy (non-hydrogen) atoms. The zero-order chi connectivity index (χ0) is 19.3. The van der Waals surface area contributed by atoms with Gasteiger partial charge in [0.1, 0.15) is 11.6 Å². The van der Waals surface area contributed by atoms with Crippen LogP contribution in [0.2, 0.25) is 5.02 Å². The van der Waals surface area contributed by atoms with Crippen LogP contribution >= 0.6 is 27.5 Å². The maximum Gasteiger partial charge on any atom is 0.141 e. The molecule has 0 fully saturated rings. The number of nitrogens with zero attached hydrogens (tertiary/aromatic N) is 2. The molecule has 0 N–H and O–H groups in total. The summed E-state index contributed by atoms with van der Waals surface area (Å²) in [7, 11) is 0. The van der Waals surface area contributed by atoms with Gasteiger partial charge in [0.2, 0.25) is 0 Å². The number of aryl methyl sites for hydroxylation is 1. The van der Waals surface area contributed by atoms with E-state index >= 15 is 0 Å². The van der Waals surface area contributed by atoms with Crippen molar-refractivity contribution in [3.63, 3.8) is 0 Å². The molecule has 0 aliphatic carbocycles. The summed E-state index contributed by atoms with van der Waals surface area (Å²) in [6, 6.07) is 24.2. The molecule has 0 aliphatic rings. The lowest BCUT2D eigenvalue weighted by atomic mass is 10.2. The van der Waals surface area contributed by atoms with Gasteiger partial charge >= 0.3 is 0 Å². The van der Waals surface area contributed by atoms with E-state index in [0.717, 1.165) is 52.0 Å². The number of hydrogen-bond acceptors (Lipinski definition) is 2. The second-order valence-electron chi connectivity index (χ2n) is 6.57. The zero-order valence-corrected chi connectivity index (χ0v) is 17.7. The third kappa shape index (κ3) is 4.23. The molecule has 3 aromatic carbocycles. The number of fused-ring (bicyclic) bond motifs is 1. The van der Waals surface area contributed by atoms with E-state index in [2.05, 4.69) is 63.0 Å². The lowest BCUT2D eigenvalue weighted by Gasteiger charge is -2.11. The van der Waals surface area contributed by atoms with Crippen LogP contribution in [0.15, 0.2) is 77.3 Å². The minimum atomic E-state index is 0.643. The Morgan fingerprint density at radius 3 is 2.46 bits per heavy atom. The Balaban J connectivity index is 1.47. The Kier molecular flexibility index (Phi) is 5.98. The fourth-order valence-electron chi connectivity index (χ4n) is 3.24. The number of aromatic nitrogens is 2. The summed E-state index contributed by atoms with van der Waals surface area (Å²) >= 11 is 9.65. The van der Waals surface area contributed by atoms with Crippen LogP contribution < -0.4 is 4.74 Å². The molecule has 3 nitrogen and oxygen atoms in total. The van der Waals surface area contributed by atoms with Crippen LogP contribution in [0, 0.1) is 0 Å². The van der Waals surface area contributed by atoms with Crippen molar-refractivity contribution >= 4 is 38.6 Å². The van der Waals surface area contributed by atoms with E-state index in [-0.39, 0.29) is 0 Å². The number of benzene rings is 3. The van der Waals surface area contributed by atoms with Crippen molar-refractivity contribution in [2.45, 2.75) is 19.4 Å². The molecule has 4 rings (SSSR count). The third-order valence-electron chi connectivity index (χ3n) is 4.63. The number of imidazole rings is 1. The van der Waals surface area contributed by atoms with Gasteiger partial charge in [0.15, 0.2) is 0 Å². The van der Waals surface area contributed by atoms with Gasteiger partial charge in [-0.25, -0.2) is 4.98 Å². The van der Waals surface area contributed by atoms with Crippen molar-refractivity contribution in [1.82, 2.24) is 9.55 Å². The van der Waals surface area contributed by atoms with Gasteiger partial charge in [-0.2, -0.15) is 0 Å². The van der Waals surface area contributed by atoms with Crippen molar-refractivity contribution in [3.05, 3.63) is 82.3 Å². The Hall–Kier alpha value is -2.30. The molecule has 0 bridgehead atoms. The summed E-state index contributed by atoms with van der Waals surface area (Å²) in [5.41, 5.74) is 3.30. The summed E-state index contributed by atoms with van der Waals surface area (Å²) in [5.74, 6) is 1.74. The monoisotopic (exact) mass is 454 g/mol. The van der Waals surface area contributed by atoms with Crippen LogP contribution in [0.1, 0.15) is 12.8 Å². The predicted molar refractivity (Wildman–Crippen MR) is 119 cm³/mol. The molecule has 0 spiro atoms. The van der Waals surface area contributed by atoms with Crippen molar-refractivity contribution in [2.24, 2.45) is 0 Å². The molecule has 0 saturated heterocycles. The van der Waals surface area contributed by atoms with E-state index in [4.69, 9.17) is 21.3 Å². The molecule has 0 radical (unpaired) electrons. The lowest BCUT2D eigenvalue weighted by molar-refractivity contribution is 0.304. The molecular weight excluding hydrogens is 436 g/mol. The summed E-state index contributed by atoms with van der Waals surface area (Å²) in [4.78, 5) is 4.87. The van der Waals surface area contributed by atoms with Crippen LogP contribution in [0.4, 0.5) is 0 Å². The van der Waals surface area contributed by atoms with Gasteiger partial charge in [0.05, 0.1) is 22.7 Å². The summed E-state index contributed by atoms with van der Waals surface area (Å²) in [5, 5.41) is 0.653. The van der Waals surface area contributed by atoms with Crippen LogP contribution in [0.5, 0.6) is 5.75 Å². The summed E-state index contributed by atoms with van der Waals surface area (Å²) < 4.78 is 9.17. The molecule has 142 valence electrons. The SMILES string of the molecule is Clc1ccccc1OCCCCn1c(-c2ccc(Br)cc2)nc2ccccc21. The molecule has 4 aromatic rings. The first kappa shape index (κ1) is 19.0. The van der Waals surface area contributed by atoms with Crippen LogP contribution in [-0.4, -0.2) is 16.2 Å². The minimum Gasteiger partial charge on any atom is -0.492 e. The Morgan fingerprint density at radius 1 is 0.893 bits per heavy atom. The number of halogens is 2. The van der Waals surface area contributed by atoms with Gasteiger partial charge in [-0.15, -0.1) is 0 Å². The summed E-state index contributed by atoms with van der Waals surface area (Å²) in [6.07, 6.45) is 1.94. The van der Waals surface area contributed by atoms with Gasteiger partial charge in [0, 0.05) is 16.6 Å². The molecule has 0 aliphatic heterocycles. The smallest absolute Gasteiger partial charge is 0.141 e. The van der Waals surface area contributed by atoms with E-state index in [1.807, 2.05) is 30.3 Å². The molecule has 0 amide bonds. The third-order valence-corrected chi connectivity index (χ3v) is 5.47.